The third-order valence-corrected chi connectivity index (χ3v) is 3.53. The molecule has 0 spiro atoms. The van der Waals surface area contributed by atoms with Gasteiger partial charge in [0.25, 0.3) is 5.91 Å². The summed E-state index contributed by atoms with van der Waals surface area (Å²) >= 11 is 0. The van der Waals surface area contributed by atoms with Crippen LogP contribution in [0.3, 0.4) is 0 Å². The van der Waals surface area contributed by atoms with Crippen LogP contribution in [0.15, 0.2) is 42.5 Å². The molecule has 2 aromatic carbocycles. The molecule has 0 aliphatic carbocycles. The van der Waals surface area contributed by atoms with Crippen LogP contribution in [0.25, 0.3) is 0 Å². The van der Waals surface area contributed by atoms with Gasteiger partial charge in [0, 0.05) is 29.0 Å². The second-order valence-corrected chi connectivity index (χ2v) is 6.25. The number of anilines is 3. The Morgan fingerprint density at radius 2 is 1.58 bits per heavy atom. The number of nitrogen functional groups attached to an aromatic ring is 1. The van der Waals surface area contributed by atoms with Crippen molar-refractivity contribution in [1.82, 2.24) is 0 Å². The predicted molar refractivity (Wildman–Crippen MR) is 98.1 cm³/mol. The molecule has 24 heavy (non-hydrogen) atoms. The first-order valence-electron chi connectivity index (χ1n) is 7.92. The normalized spacial score (nSPS) is 10.5. The van der Waals surface area contributed by atoms with E-state index in [1.54, 1.807) is 36.4 Å². The molecule has 0 bridgehead atoms. The first-order valence-corrected chi connectivity index (χ1v) is 7.92. The predicted octanol–water partition coefficient (Wildman–Crippen LogP) is 3.81. The maximum Gasteiger partial charge on any atom is 0.256 e. The lowest BCUT2D eigenvalue weighted by Gasteiger charge is -2.10. The Labute approximate surface area is 142 Å². The van der Waals surface area contributed by atoms with Gasteiger partial charge in [0.15, 0.2) is 0 Å². The highest BCUT2D eigenvalue weighted by Crippen LogP contribution is 2.18. The van der Waals surface area contributed by atoms with Crippen molar-refractivity contribution in [2.24, 2.45) is 5.92 Å². The first kappa shape index (κ1) is 17.5. The Bertz CT molecular complexity index is 737. The summed E-state index contributed by atoms with van der Waals surface area (Å²) in [6.45, 7) is 5.86. The van der Waals surface area contributed by atoms with Crippen LogP contribution in [0.2, 0.25) is 0 Å². The number of nitrogens with two attached hydrogens (primary N) is 1. The van der Waals surface area contributed by atoms with E-state index in [9.17, 15) is 9.59 Å². The molecular weight excluding hydrogens is 302 g/mol. The number of nitrogens with one attached hydrogen (secondary N) is 2. The molecule has 0 radical (unpaired) electrons. The lowest BCUT2D eigenvalue weighted by molar-refractivity contribution is -0.116. The minimum absolute atomic E-state index is 0.0165. The van der Waals surface area contributed by atoms with Gasteiger partial charge in [-0.1, -0.05) is 19.9 Å². The van der Waals surface area contributed by atoms with Crippen molar-refractivity contribution in [3.05, 3.63) is 53.6 Å². The fraction of sp³-hybridized carbons (Fsp3) is 0.263. The van der Waals surface area contributed by atoms with Gasteiger partial charge in [0.2, 0.25) is 5.91 Å². The molecule has 5 nitrogen and oxygen atoms in total. The van der Waals surface area contributed by atoms with Crippen molar-refractivity contribution in [1.29, 1.82) is 0 Å². The third-order valence-electron chi connectivity index (χ3n) is 3.53. The molecule has 0 aromatic heterocycles. The highest BCUT2D eigenvalue weighted by Gasteiger charge is 2.10. The zero-order valence-electron chi connectivity index (χ0n) is 14.2. The van der Waals surface area contributed by atoms with Gasteiger partial charge in [-0.15, -0.1) is 0 Å². The largest absolute Gasteiger partial charge is 0.399 e. The van der Waals surface area contributed by atoms with Gasteiger partial charge in [-0.2, -0.15) is 0 Å². The van der Waals surface area contributed by atoms with Crippen LogP contribution < -0.4 is 16.4 Å². The summed E-state index contributed by atoms with van der Waals surface area (Å²) in [5, 5.41) is 5.67. The molecule has 2 amide bonds. The van der Waals surface area contributed by atoms with Crippen LogP contribution in [-0.4, -0.2) is 11.8 Å². The minimum atomic E-state index is -0.212. The molecule has 0 aliphatic heterocycles. The van der Waals surface area contributed by atoms with Crippen molar-refractivity contribution >= 4 is 28.9 Å². The van der Waals surface area contributed by atoms with E-state index in [0.29, 0.717) is 35.0 Å². The Kier molecular flexibility index (Phi) is 5.58. The fourth-order valence-electron chi connectivity index (χ4n) is 2.30. The molecule has 0 saturated carbocycles. The maximum atomic E-state index is 12.3. The molecule has 2 aromatic rings. The molecule has 0 heterocycles. The monoisotopic (exact) mass is 325 g/mol. The third kappa shape index (κ3) is 4.84. The van der Waals surface area contributed by atoms with Crippen LogP contribution in [0.1, 0.15) is 36.2 Å². The van der Waals surface area contributed by atoms with Crippen molar-refractivity contribution in [3.63, 3.8) is 0 Å². The van der Waals surface area contributed by atoms with Crippen molar-refractivity contribution in [2.75, 3.05) is 16.4 Å². The Hall–Kier alpha value is -2.82. The van der Waals surface area contributed by atoms with E-state index in [0.717, 1.165) is 5.56 Å². The van der Waals surface area contributed by atoms with E-state index in [1.807, 2.05) is 26.8 Å². The molecule has 0 saturated heterocycles. The van der Waals surface area contributed by atoms with Gasteiger partial charge < -0.3 is 16.4 Å². The number of hydrogen-bond acceptors (Lipinski definition) is 3. The zero-order chi connectivity index (χ0) is 17.7. The molecule has 0 atom stereocenters. The molecule has 4 N–H and O–H groups in total. The first-order chi connectivity index (χ1) is 11.3. The van der Waals surface area contributed by atoms with Crippen LogP contribution in [0, 0.1) is 12.8 Å². The Morgan fingerprint density at radius 3 is 2.17 bits per heavy atom. The number of benzene rings is 2. The van der Waals surface area contributed by atoms with Gasteiger partial charge in [0.05, 0.1) is 0 Å². The van der Waals surface area contributed by atoms with E-state index < -0.39 is 0 Å². The van der Waals surface area contributed by atoms with Crippen molar-refractivity contribution in [2.45, 2.75) is 27.2 Å². The summed E-state index contributed by atoms with van der Waals surface area (Å²) in [5.41, 5.74) is 9.06. The number of amides is 2. The van der Waals surface area contributed by atoms with Crippen LogP contribution in [0.4, 0.5) is 17.1 Å². The van der Waals surface area contributed by atoms with Crippen LogP contribution in [0.5, 0.6) is 0 Å². The van der Waals surface area contributed by atoms with Gasteiger partial charge in [-0.05, 0) is 54.8 Å². The molecular formula is C19H23N3O2. The molecule has 0 unspecified atom stereocenters. The zero-order valence-corrected chi connectivity index (χ0v) is 14.2. The van der Waals surface area contributed by atoms with Gasteiger partial charge in [-0.3, -0.25) is 9.59 Å². The lowest BCUT2D eigenvalue weighted by atomic mass is 10.1. The molecule has 0 aliphatic rings. The second-order valence-electron chi connectivity index (χ2n) is 6.25. The fourth-order valence-corrected chi connectivity index (χ4v) is 2.30. The standard InChI is InChI=1S/C19H23N3O2/c1-12(2)10-18(23)21-15-6-8-16(9-7-15)22-19(24)17-11-14(20)5-4-13(17)3/h4-9,11-12H,10,20H2,1-3H3,(H,21,23)(H,22,24). The van der Waals surface area contributed by atoms with E-state index >= 15 is 0 Å². The van der Waals surface area contributed by atoms with E-state index in [1.165, 1.54) is 0 Å². The Balaban J connectivity index is 2.02. The average molecular weight is 325 g/mol. The molecule has 0 fully saturated rings. The summed E-state index contributed by atoms with van der Waals surface area (Å²) in [5.74, 6) is 0.0821. The molecule has 5 heteroatoms. The van der Waals surface area contributed by atoms with Gasteiger partial charge in [-0.25, -0.2) is 0 Å². The van der Waals surface area contributed by atoms with Crippen molar-refractivity contribution < 1.29 is 9.59 Å². The summed E-state index contributed by atoms with van der Waals surface area (Å²) in [6, 6.07) is 12.3. The highest BCUT2D eigenvalue weighted by atomic mass is 16.2. The summed E-state index contributed by atoms with van der Waals surface area (Å²) in [7, 11) is 0. The Morgan fingerprint density at radius 1 is 1.00 bits per heavy atom. The van der Waals surface area contributed by atoms with E-state index in [2.05, 4.69) is 10.6 Å². The lowest BCUT2D eigenvalue weighted by Crippen LogP contribution is -2.15. The molecule has 2 rings (SSSR count). The second kappa shape index (κ2) is 7.64. The summed E-state index contributed by atoms with van der Waals surface area (Å²) in [6.07, 6.45) is 0.479. The summed E-state index contributed by atoms with van der Waals surface area (Å²) in [4.78, 5) is 24.1. The minimum Gasteiger partial charge on any atom is -0.399 e. The topological polar surface area (TPSA) is 84.2 Å². The smallest absolute Gasteiger partial charge is 0.256 e. The SMILES string of the molecule is Cc1ccc(N)cc1C(=O)Nc1ccc(NC(=O)CC(C)C)cc1. The number of hydrogen-bond donors (Lipinski definition) is 3. The highest BCUT2D eigenvalue weighted by molar-refractivity contribution is 6.06. The molecule has 126 valence electrons. The van der Waals surface area contributed by atoms with Gasteiger partial charge in [0.1, 0.15) is 0 Å². The maximum absolute atomic E-state index is 12.3. The van der Waals surface area contributed by atoms with Crippen LogP contribution in [-0.2, 0) is 4.79 Å². The van der Waals surface area contributed by atoms with Crippen molar-refractivity contribution in [3.8, 4) is 0 Å². The number of carbonyl (C=O) groups is 2. The average Bonchev–Trinajstić information content (AvgIpc) is 2.50. The number of rotatable bonds is 5. The van der Waals surface area contributed by atoms with E-state index in [4.69, 9.17) is 5.73 Å². The number of aryl methyl sites for hydroxylation is 1. The van der Waals surface area contributed by atoms with Crippen LogP contribution >= 0.6 is 0 Å². The summed E-state index contributed by atoms with van der Waals surface area (Å²) < 4.78 is 0. The number of carbonyl (C=O) groups excluding carboxylic acids is 2. The van der Waals surface area contributed by atoms with Gasteiger partial charge >= 0.3 is 0 Å². The van der Waals surface area contributed by atoms with E-state index in [-0.39, 0.29) is 11.8 Å². The quantitative estimate of drug-likeness (QED) is 0.731.